The molecule has 1 aliphatic rings. The second-order valence-electron chi connectivity index (χ2n) is 10.6. The van der Waals surface area contributed by atoms with Crippen LogP contribution in [-0.2, 0) is 0 Å². The molecule has 0 N–H and O–H groups in total. The molecule has 3 atom stereocenters. The smallest absolute Gasteiger partial charge is 0.0133 e. The van der Waals surface area contributed by atoms with Crippen molar-refractivity contribution in [2.24, 2.45) is 0 Å². The van der Waals surface area contributed by atoms with E-state index in [0.29, 0.717) is 11.6 Å². The second kappa shape index (κ2) is 13.6. The minimum Gasteiger partial charge on any atom is -0.101 e. The summed E-state index contributed by atoms with van der Waals surface area (Å²) in [6, 6.07) is 45.1. The lowest BCUT2D eigenvalue weighted by Crippen LogP contribution is -2.19. The molecule has 0 nitrogen and oxygen atoms in total. The molecular formula is C37H41P. The molecule has 0 amide bonds. The van der Waals surface area contributed by atoms with Gasteiger partial charge in [0.2, 0.25) is 0 Å². The van der Waals surface area contributed by atoms with E-state index in [1.54, 1.807) is 5.29 Å². The maximum Gasteiger partial charge on any atom is 0.0133 e. The Balaban J connectivity index is 1.68. The van der Waals surface area contributed by atoms with Crippen molar-refractivity contribution < 1.29 is 0 Å². The van der Waals surface area contributed by atoms with E-state index in [4.69, 9.17) is 0 Å². The largest absolute Gasteiger partial charge is 0.101 e. The molecule has 0 aliphatic carbocycles. The third kappa shape index (κ3) is 6.31. The van der Waals surface area contributed by atoms with Crippen LogP contribution in [0.4, 0.5) is 0 Å². The van der Waals surface area contributed by atoms with E-state index in [0.717, 1.165) is 0 Å². The van der Waals surface area contributed by atoms with Crippen LogP contribution in [-0.4, -0.2) is 11.5 Å². The topological polar surface area (TPSA) is 0 Å². The van der Waals surface area contributed by atoms with E-state index in [-0.39, 0.29) is 0 Å². The predicted molar refractivity (Wildman–Crippen MR) is 170 cm³/mol. The van der Waals surface area contributed by atoms with Crippen molar-refractivity contribution in [1.29, 1.82) is 0 Å². The van der Waals surface area contributed by atoms with Crippen molar-refractivity contribution in [3.8, 4) is 0 Å². The molecule has 1 heterocycles. The molecule has 4 aromatic rings. The summed E-state index contributed by atoms with van der Waals surface area (Å²) in [7, 11) is -0.964. The van der Waals surface area contributed by atoms with Gasteiger partial charge in [0, 0.05) is 11.6 Å². The summed E-state index contributed by atoms with van der Waals surface area (Å²) >= 11 is 0. The highest BCUT2D eigenvalue weighted by molar-refractivity contribution is 7.61. The van der Waals surface area contributed by atoms with Gasteiger partial charge in [-0.25, -0.2) is 0 Å². The van der Waals surface area contributed by atoms with Gasteiger partial charge in [-0.15, -0.1) is 7.55 Å². The fraction of sp³-hybridized carbons (Fsp3) is 0.270. The molecular weight excluding hydrogens is 475 g/mol. The molecule has 0 aromatic heterocycles. The van der Waals surface area contributed by atoms with Crippen LogP contribution in [0.15, 0.2) is 127 Å². The van der Waals surface area contributed by atoms with Crippen molar-refractivity contribution in [2.75, 3.05) is 6.16 Å². The molecule has 1 aliphatic heterocycles. The molecule has 0 saturated carbocycles. The normalized spacial score (nSPS) is 19.2. The van der Waals surface area contributed by atoms with Crippen LogP contribution in [0.5, 0.6) is 0 Å². The van der Waals surface area contributed by atoms with E-state index in [1.165, 1.54) is 72.5 Å². The first-order valence-corrected chi connectivity index (χ1v) is 16.3. The van der Waals surface area contributed by atoms with E-state index in [9.17, 15) is 0 Å². The van der Waals surface area contributed by atoms with Crippen molar-refractivity contribution >= 4 is 18.4 Å². The van der Waals surface area contributed by atoms with Crippen LogP contribution in [0.3, 0.4) is 0 Å². The van der Waals surface area contributed by atoms with Crippen molar-refractivity contribution in [3.05, 3.63) is 150 Å². The highest BCUT2D eigenvalue weighted by Gasteiger charge is 2.33. The number of benzene rings is 4. The molecule has 0 fully saturated rings. The quantitative estimate of drug-likeness (QED) is 0.137. The summed E-state index contributed by atoms with van der Waals surface area (Å²) in [6.07, 6.45) is 12.0. The van der Waals surface area contributed by atoms with Gasteiger partial charge < -0.3 is 0 Å². The van der Waals surface area contributed by atoms with E-state index in [1.807, 2.05) is 0 Å². The number of rotatable bonds is 11. The van der Waals surface area contributed by atoms with Gasteiger partial charge in [0.1, 0.15) is 0 Å². The van der Waals surface area contributed by atoms with Crippen molar-refractivity contribution in [2.45, 2.75) is 57.0 Å². The summed E-state index contributed by atoms with van der Waals surface area (Å²) < 4.78 is 0. The maximum absolute atomic E-state index is 2.61. The summed E-state index contributed by atoms with van der Waals surface area (Å²) in [4.78, 5) is 0. The first-order valence-electron chi connectivity index (χ1n) is 14.5. The first kappa shape index (κ1) is 26.5. The molecule has 4 aromatic carbocycles. The minimum absolute atomic E-state index is 0.371. The highest BCUT2D eigenvalue weighted by atomic mass is 31.1. The Morgan fingerprint density at radius 1 is 0.526 bits per heavy atom. The molecule has 3 unspecified atom stereocenters. The molecule has 1 heteroatoms. The van der Waals surface area contributed by atoms with Gasteiger partial charge in [0.15, 0.2) is 0 Å². The molecule has 5 rings (SSSR count). The van der Waals surface area contributed by atoms with Gasteiger partial charge in [-0.2, -0.15) is 0 Å². The van der Waals surface area contributed by atoms with Gasteiger partial charge in [0.05, 0.1) is 0 Å². The molecule has 0 saturated heterocycles. The summed E-state index contributed by atoms with van der Waals surface area (Å²) in [6.45, 7) is 2.31. The second-order valence-corrected chi connectivity index (χ2v) is 13.2. The zero-order chi connectivity index (χ0) is 26.0. The zero-order valence-electron chi connectivity index (χ0n) is 22.7. The lowest BCUT2D eigenvalue weighted by atomic mass is 9.86. The fourth-order valence-corrected chi connectivity index (χ4v) is 10.0. The first-order chi connectivity index (χ1) is 18.9. The molecule has 0 spiro atoms. The average Bonchev–Trinajstić information content (AvgIpc) is 3.00. The number of allylic oxidation sites excluding steroid dienone is 2. The maximum atomic E-state index is 2.61. The Bertz CT molecular complexity index is 1320. The molecule has 0 bridgehead atoms. The lowest BCUT2D eigenvalue weighted by molar-refractivity contribution is 0.625. The summed E-state index contributed by atoms with van der Waals surface area (Å²) in [5, 5.41) is 1.62. The zero-order valence-corrected chi connectivity index (χ0v) is 23.7. The van der Waals surface area contributed by atoms with Gasteiger partial charge >= 0.3 is 0 Å². The fourth-order valence-electron chi connectivity index (χ4n) is 6.12. The van der Waals surface area contributed by atoms with Gasteiger partial charge in [-0.05, 0) is 45.7 Å². The van der Waals surface area contributed by atoms with Crippen molar-refractivity contribution in [1.82, 2.24) is 0 Å². The van der Waals surface area contributed by atoms with Gasteiger partial charge in [-0.3, -0.25) is 0 Å². The monoisotopic (exact) mass is 516 g/mol. The number of hydrogen-bond donors (Lipinski definition) is 0. The standard InChI is InChI=1S/C37H41P/c1-2-3-4-5-6-19-28-38-36(32-24-15-9-16-25-32)34(30-20-11-7-12-21-30)29-35(31-22-13-8-14-23-31)37(38)33-26-17-10-18-27-33/h7-18,20-27,29,34,36,38H,2-6,19,28H2,1H3. The van der Waals surface area contributed by atoms with Gasteiger partial charge in [-0.1, -0.05) is 166 Å². The summed E-state index contributed by atoms with van der Waals surface area (Å²) in [5.41, 5.74) is 7.66. The van der Waals surface area contributed by atoms with E-state index in [2.05, 4.69) is 134 Å². The number of unbranched alkanes of at least 4 members (excludes halogenated alkanes) is 5. The van der Waals surface area contributed by atoms with E-state index >= 15 is 0 Å². The number of hydrogen-bond acceptors (Lipinski definition) is 0. The van der Waals surface area contributed by atoms with Crippen LogP contribution in [0.25, 0.3) is 5.57 Å². The Kier molecular flexibility index (Phi) is 9.52. The highest BCUT2D eigenvalue weighted by Crippen LogP contribution is 2.58. The van der Waals surface area contributed by atoms with Gasteiger partial charge in [0.25, 0.3) is 0 Å². The molecule has 194 valence electrons. The Morgan fingerprint density at radius 2 is 1.03 bits per heavy atom. The third-order valence-corrected chi connectivity index (χ3v) is 11.5. The van der Waals surface area contributed by atoms with Crippen LogP contribution < -0.4 is 0 Å². The Hall–Kier alpha value is -3.08. The molecule has 38 heavy (non-hydrogen) atoms. The SMILES string of the molecule is CCCCCCCC[PH]1=C(c2ccccc2)C(c2ccccc2)=CC(c2ccccc2)C1c1ccccc1. The van der Waals surface area contributed by atoms with Crippen LogP contribution in [0.2, 0.25) is 0 Å². The van der Waals surface area contributed by atoms with Crippen molar-refractivity contribution in [3.63, 3.8) is 0 Å². The lowest BCUT2D eigenvalue weighted by Gasteiger charge is -2.37. The minimum atomic E-state index is -0.964. The van der Waals surface area contributed by atoms with E-state index < -0.39 is 7.55 Å². The van der Waals surface area contributed by atoms with Crippen LogP contribution >= 0.6 is 7.55 Å². The van der Waals surface area contributed by atoms with Crippen LogP contribution in [0, 0.1) is 0 Å². The molecule has 0 radical (unpaired) electrons. The third-order valence-electron chi connectivity index (χ3n) is 7.96. The average molecular weight is 517 g/mol. The Morgan fingerprint density at radius 3 is 1.63 bits per heavy atom. The van der Waals surface area contributed by atoms with Crippen LogP contribution in [0.1, 0.15) is 79.3 Å². The Labute approximate surface area is 230 Å². The summed E-state index contributed by atoms with van der Waals surface area (Å²) in [5.74, 6) is 0.371. The predicted octanol–water partition coefficient (Wildman–Crippen LogP) is 10.4.